The summed E-state index contributed by atoms with van der Waals surface area (Å²) in [5.74, 6) is -1.37. The maximum atomic E-state index is 14.7. The third kappa shape index (κ3) is 7.10. The fraction of sp³-hybridized carbons (Fsp3) is 0.382. The summed E-state index contributed by atoms with van der Waals surface area (Å²) < 4.78 is 54.9. The lowest BCUT2D eigenvalue weighted by Gasteiger charge is -2.39. The molecule has 1 unspecified atom stereocenters. The van der Waals surface area contributed by atoms with E-state index in [0.29, 0.717) is 44.7 Å². The number of nitrogens with one attached hydrogen (secondary N) is 1. The smallest absolute Gasteiger partial charge is 0.497 e. The molecule has 256 valence electrons. The monoisotopic (exact) mass is 689 g/mol. The molecule has 3 aromatic carbocycles. The maximum Gasteiger partial charge on any atom is 0.573 e. The van der Waals surface area contributed by atoms with E-state index in [-0.39, 0.29) is 12.0 Å². The molecule has 48 heavy (non-hydrogen) atoms. The zero-order chi connectivity index (χ0) is 35.0. The summed E-state index contributed by atoms with van der Waals surface area (Å²) >= 11 is 6.26. The van der Waals surface area contributed by atoms with Gasteiger partial charge in [-0.3, -0.25) is 4.79 Å². The first-order valence-electron chi connectivity index (χ1n) is 15.0. The number of halogens is 4. The molecule has 1 spiro atoms. The van der Waals surface area contributed by atoms with Gasteiger partial charge in [0.15, 0.2) is 0 Å². The number of ether oxygens (including phenoxy) is 3. The van der Waals surface area contributed by atoms with Crippen molar-refractivity contribution < 1.29 is 46.9 Å². The summed E-state index contributed by atoms with van der Waals surface area (Å²) in [4.78, 5) is 33.0. The van der Waals surface area contributed by atoms with Crippen LogP contribution in [0.4, 0.5) is 24.5 Å². The van der Waals surface area contributed by atoms with Crippen LogP contribution >= 0.6 is 11.6 Å². The second-order valence-electron chi connectivity index (χ2n) is 12.3. The van der Waals surface area contributed by atoms with E-state index in [1.165, 1.54) is 45.1 Å². The Balaban J connectivity index is 1.58. The minimum atomic E-state index is -4.91. The summed E-state index contributed by atoms with van der Waals surface area (Å²) in [5.41, 5.74) is 0.838. The number of nitrogens with zero attached hydrogens (tertiary/aromatic N) is 2. The van der Waals surface area contributed by atoms with Crippen LogP contribution in [-0.4, -0.2) is 55.4 Å². The second-order valence-corrected chi connectivity index (χ2v) is 12.7. The van der Waals surface area contributed by atoms with E-state index in [4.69, 9.17) is 25.9 Å². The Morgan fingerprint density at radius 2 is 1.75 bits per heavy atom. The summed E-state index contributed by atoms with van der Waals surface area (Å²) in [5, 5.41) is 17.1. The van der Waals surface area contributed by atoms with Crippen molar-refractivity contribution in [2.24, 2.45) is 5.16 Å². The van der Waals surface area contributed by atoms with Gasteiger partial charge in [0.1, 0.15) is 23.3 Å². The molecule has 0 aromatic heterocycles. The number of carboxylic acids is 1. The van der Waals surface area contributed by atoms with Gasteiger partial charge in [0.2, 0.25) is 5.60 Å². The number of hydrogen-bond acceptors (Lipinski definition) is 8. The maximum absolute atomic E-state index is 14.7. The molecule has 0 radical (unpaired) electrons. The number of hydrogen-bond donors (Lipinski definition) is 2. The predicted molar refractivity (Wildman–Crippen MR) is 173 cm³/mol. The van der Waals surface area contributed by atoms with Crippen molar-refractivity contribution >= 4 is 40.6 Å². The Bertz CT molecular complexity index is 1760. The molecule has 10 nitrogen and oxygen atoms in total. The molecule has 2 aliphatic rings. The first-order valence-corrected chi connectivity index (χ1v) is 15.4. The second kappa shape index (κ2) is 13.1. The zero-order valence-corrected chi connectivity index (χ0v) is 27.7. The van der Waals surface area contributed by atoms with Crippen LogP contribution in [0.3, 0.4) is 0 Å². The lowest BCUT2D eigenvalue weighted by atomic mass is 9.66. The number of anilines is 2. The van der Waals surface area contributed by atoms with Crippen molar-refractivity contribution in [3.63, 3.8) is 0 Å². The number of rotatable bonds is 11. The van der Waals surface area contributed by atoms with E-state index in [1.807, 2.05) is 0 Å². The molecule has 5 rings (SSSR count). The Kier molecular flexibility index (Phi) is 9.46. The molecule has 3 aromatic rings. The Morgan fingerprint density at radius 1 is 1.02 bits per heavy atom. The van der Waals surface area contributed by atoms with E-state index in [9.17, 15) is 27.9 Å². The van der Waals surface area contributed by atoms with E-state index >= 15 is 0 Å². The van der Waals surface area contributed by atoms with Crippen molar-refractivity contribution in [1.82, 2.24) is 0 Å². The lowest BCUT2D eigenvalue weighted by molar-refractivity contribution is -0.274. The van der Waals surface area contributed by atoms with Crippen LogP contribution in [0, 0.1) is 0 Å². The number of alkyl halides is 3. The van der Waals surface area contributed by atoms with Crippen molar-refractivity contribution in [3.05, 3.63) is 76.3 Å². The largest absolute Gasteiger partial charge is 0.573 e. The highest BCUT2D eigenvalue weighted by Crippen LogP contribution is 2.54. The molecule has 1 amide bonds. The molecule has 1 heterocycles. The molecule has 1 fully saturated rings. The van der Waals surface area contributed by atoms with Crippen LogP contribution in [0.2, 0.25) is 5.02 Å². The standard InChI is InChI=1S/C34H35ClF3N3O7/c1-19(40-48-32(2,3)31(43)44)20-13-22(16-24(14-20)45-4)39-29(25-9-7-21(35)15-28(25)46-5)30(42)41-18-33(11-6-12-33)26-10-8-23(17-27(26)41)47-34(36,37)38/h7-10,13-17,29,39H,6,11-12,18H2,1-5H3,(H,43,44)/b40-19+. The average Bonchev–Trinajstić information content (AvgIpc) is 3.36. The van der Waals surface area contributed by atoms with Gasteiger partial charge >= 0.3 is 12.3 Å². The Morgan fingerprint density at radius 3 is 2.35 bits per heavy atom. The first kappa shape index (κ1) is 34.7. The van der Waals surface area contributed by atoms with E-state index in [2.05, 4.69) is 15.2 Å². The highest BCUT2D eigenvalue weighted by Gasteiger charge is 2.50. The van der Waals surface area contributed by atoms with Crippen molar-refractivity contribution in [2.75, 3.05) is 31.0 Å². The van der Waals surface area contributed by atoms with Gasteiger partial charge < -0.3 is 34.4 Å². The highest BCUT2D eigenvalue weighted by atomic mass is 35.5. The van der Waals surface area contributed by atoms with Gasteiger partial charge in [0, 0.05) is 45.9 Å². The van der Waals surface area contributed by atoms with Gasteiger partial charge in [-0.2, -0.15) is 0 Å². The third-order valence-electron chi connectivity index (χ3n) is 8.65. The van der Waals surface area contributed by atoms with Crippen LogP contribution in [0.1, 0.15) is 62.8 Å². The van der Waals surface area contributed by atoms with Gasteiger partial charge in [-0.1, -0.05) is 35.3 Å². The van der Waals surface area contributed by atoms with Crippen molar-refractivity contribution in [2.45, 2.75) is 63.5 Å². The minimum absolute atomic E-state index is 0.274. The first-order chi connectivity index (χ1) is 22.6. The van der Waals surface area contributed by atoms with Gasteiger partial charge in [-0.05, 0) is 69.5 Å². The number of carbonyl (C=O) groups excluding carboxylic acids is 1. The third-order valence-corrected chi connectivity index (χ3v) is 8.89. The number of carbonyl (C=O) groups is 2. The quantitative estimate of drug-likeness (QED) is 0.157. The van der Waals surface area contributed by atoms with E-state index in [1.54, 1.807) is 49.4 Å². The summed E-state index contributed by atoms with van der Waals surface area (Å²) in [6, 6.07) is 12.8. The minimum Gasteiger partial charge on any atom is -0.497 e. The molecular weight excluding hydrogens is 655 g/mol. The topological polar surface area (TPSA) is 119 Å². The fourth-order valence-electron chi connectivity index (χ4n) is 5.88. The highest BCUT2D eigenvalue weighted by molar-refractivity contribution is 6.30. The molecule has 14 heteroatoms. The van der Waals surface area contributed by atoms with Crippen LogP contribution in [0.15, 0.2) is 59.8 Å². The molecule has 1 saturated carbocycles. The van der Waals surface area contributed by atoms with Crippen LogP contribution in [0.25, 0.3) is 0 Å². The molecule has 2 N–H and O–H groups in total. The molecule has 1 aliphatic carbocycles. The fourth-order valence-corrected chi connectivity index (χ4v) is 6.05. The number of fused-ring (bicyclic) bond motifs is 2. The molecule has 0 bridgehead atoms. The van der Waals surface area contributed by atoms with Crippen LogP contribution in [-0.2, 0) is 19.8 Å². The Hall–Kier alpha value is -4.65. The molecule has 0 saturated heterocycles. The van der Waals surface area contributed by atoms with E-state index in [0.717, 1.165) is 24.8 Å². The molecule has 1 atom stereocenters. The van der Waals surface area contributed by atoms with Crippen LogP contribution in [0.5, 0.6) is 17.2 Å². The Labute approximate surface area is 280 Å². The SMILES string of the molecule is COc1cc(NC(C(=O)N2CC3(CCC3)c3ccc(OC(F)(F)F)cc32)c2ccc(Cl)cc2OC)cc(/C(C)=N/OC(C)(C)C(=O)O)c1. The van der Waals surface area contributed by atoms with Gasteiger partial charge in [-0.25, -0.2) is 4.79 Å². The van der Waals surface area contributed by atoms with Crippen molar-refractivity contribution in [3.8, 4) is 17.2 Å². The van der Waals surface area contributed by atoms with Gasteiger partial charge in [0.05, 0.1) is 25.6 Å². The summed E-state index contributed by atoms with van der Waals surface area (Å²) in [6.07, 6.45) is -2.42. The predicted octanol–water partition coefficient (Wildman–Crippen LogP) is 7.48. The number of aliphatic carboxylic acids is 1. The lowest BCUT2D eigenvalue weighted by Crippen LogP contribution is -2.44. The zero-order valence-electron chi connectivity index (χ0n) is 26.9. The number of benzene rings is 3. The normalized spacial score (nSPS) is 16.1. The number of oxime groups is 1. The van der Waals surface area contributed by atoms with Crippen LogP contribution < -0.4 is 24.4 Å². The van der Waals surface area contributed by atoms with E-state index < -0.39 is 35.6 Å². The van der Waals surface area contributed by atoms with Gasteiger partial charge in [-0.15, -0.1) is 13.2 Å². The summed E-state index contributed by atoms with van der Waals surface area (Å²) in [6.45, 7) is 4.63. The number of methoxy groups -OCH3 is 2. The molecule has 1 aliphatic heterocycles. The number of carboxylic acid groups (broad SMARTS) is 1. The number of amides is 1. The van der Waals surface area contributed by atoms with Gasteiger partial charge in [0.25, 0.3) is 5.91 Å². The summed E-state index contributed by atoms with van der Waals surface area (Å²) in [7, 11) is 2.90. The van der Waals surface area contributed by atoms with Crippen molar-refractivity contribution in [1.29, 1.82) is 0 Å². The average molecular weight is 690 g/mol. The molecular formula is C34H35ClF3N3O7.